The van der Waals surface area contributed by atoms with Crippen molar-refractivity contribution >= 4 is 63.1 Å². The van der Waals surface area contributed by atoms with Crippen molar-refractivity contribution in [2.75, 3.05) is 15.3 Å². The van der Waals surface area contributed by atoms with Crippen molar-refractivity contribution in [1.29, 1.82) is 0 Å². The van der Waals surface area contributed by atoms with Gasteiger partial charge in [0.2, 0.25) is 11.1 Å². The number of amidine groups is 1. The smallest absolute Gasteiger partial charge is 0.256 e. The molecule has 2 aliphatic rings. The van der Waals surface area contributed by atoms with Crippen molar-refractivity contribution in [3.8, 4) is 0 Å². The number of carbonyl (C=O) groups is 2. The first-order chi connectivity index (χ1) is 24.8. The van der Waals surface area contributed by atoms with Crippen LogP contribution in [0.1, 0.15) is 79.9 Å². The number of amides is 2. The monoisotopic (exact) mass is 721 g/mol. The lowest BCUT2D eigenvalue weighted by atomic mass is 9.87. The molecular formula is C40H44ClN7O2S. The highest BCUT2D eigenvalue weighted by molar-refractivity contribution is 8.14. The second-order valence-electron chi connectivity index (χ2n) is 12.9. The molecule has 2 atom stereocenters. The van der Waals surface area contributed by atoms with Crippen LogP contribution in [-0.4, -0.2) is 22.7 Å². The Morgan fingerprint density at radius 2 is 1.69 bits per heavy atom. The van der Waals surface area contributed by atoms with E-state index in [1.54, 1.807) is 11.8 Å². The summed E-state index contributed by atoms with van der Waals surface area (Å²) in [6.07, 6.45) is 6.44. The van der Waals surface area contributed by atoms with Gasteiger partial charge < -0.3 is 5.32 Å². The van der Waals surface area contributed by atoms with Gasteiger partial charge in [-0.05, 0) is 91.9 Å². The zero-order valence-electron chi connectivity index (χ0n) is 29.2. The summed E-state index contributed by atoms with van der Waals surface area (Å²) in [4.78, 5) is 26.8. The summed E-state index contributed by atoms with van der Waals surface area (Å²) in [5.41, 5.74) is 13.2. The highest BCUT2D eigenvalue weighted by Crippen LogP contribution is 2.37. The Balaban J connectivity index is 1.21. The fourth-order valence-electron chi connectivity index (χ4n) is 6.31. The lowest BCUT2D eigenvalue weighted by Gasteiger charge is -2.23. The zero-order chi connectivity index (χ0) is 35.7. The molecule has 4 aromatic carbocycles. The standard InChI is InChI=1S/C40H44ClN7O2S/c1-4-5-6-7-11-14-37(49)42-32-21-23-34(24-22-32)47-39(50)36(38(44-47)29-17-19-31(41)20-18-29)26-30-16-15-27(2)25-35(30)28(3)51-40-43-45-46-48(40)33-12-9-8-10-13-33/h8-10,12-13,15-25,28,36,45-46H,4-7,11,14,26H2,1-3H3,(H,42,49). The second-order valence-corrected chi connectivity index (χ2v) is 14.7. The number of halogens is 1. The Labute approximate surface area is 309 Å². The van der Waals surface area contributed by atoms with E-state index in [1.165, 1.54) is 17.9 Å². The van der Waals surface area contributed by atoms with Crippen molar-refractivity contribution in [2.24, 2.45) is 16.1 Å². The molecule has 9 nitrogen and oxygen atoms in total. The van der Waals surface area contributed by atoms with Gasteiger partial charge in [0.05, 0.1) is 23.0 Å². The van der Waals surface area contributed by atoms with Gasteiger partial charge in [0.15, 0.2) is 0 Å². The molecule has 0 spiro atoms. The van der Waals surface area contributed by atoms with Gasteiger partial charge in [0, 0.05) is 22.4 Å². The summed E-state index contributed by atoms with van der Waals surface area (Å²) in [5.74, 6) is -0.634. The maximum Gasteiger partial charge on any atom is 0.256 e. The summed E-state index contributed by atoms with van der Waals surface area (Å²) in [6.45, 7) is 6.43. The van der Waals surface area contributed by atoms with E-state index in [9.17, 15) is 9.59 Å². The highest BCUT2D eigenvalue weighted by Gasteiger charge is 2.38. The van der Waals surface area contributed by atoms with Crippen LogP contribution in [0.4, 0.5) is 17.1 Å². The number of nitrogens with zero attached hydrogens (tertiary/aromatic N) is 4. The number of nitrogens with one attached hydrogen (secondary N) is 3. The number of thioether (sulfide) groups is 1. The summed E-state index contributed by atoms with van der Waals surface area (Å²) < 4.78 is 0. The average Bonchev–Trinajstić information content (AvgIpc) is 3.73. The van der Waals surface area contributed by atoms with Crippen molar-refractivity contribution in [3.05, 3.63) is 124 Å². The minimum atomic E-state index is -0.523. The molecule has 2 amide bonds. The summed E-state index contributed by atoms with van der Waals surface area (Å²) >= 11 is 7.89. The SMILES string of the molecule is CCCCCCCC(=O)Nc1ccc(N2N=C(c3ccc(Cl)cc3)C(Cc3ccc(C)cc3C(C)SC3=NNNN3c3ccccc3)C2=O)cc1. The molecule has 51 heavy (non-hydrogen) atoms. The van der Waals surface area contributed by atoms with Gasteiger partial charge in [-0.2, -0.15) is 10.1 Å². The molecule has 2 heterocycles. The van der Waals surface area contributed by atoms with Crippen LogP contribution in [0.25, 0.3) is 0 Å². The fourth-order valence-corrected chi connectivity index (χ4v) is 7.45. The summed E-state index contributed by atoms with van der Waals surface area (Å²) in [7, 11) is 0. The number of unbranched alkanes of at least 4 members (excludes halogenated alkanes) is 4. The molecule has 0 aromatic heterocycles. The molecule has 4 aromatic rings. The molecule has 0 radical (unpaired) electrons. The van der Waals surface area contributed by atoms with Crippen LogP contribution < -0.4 is 26.4 Å². The van der Waals surface area contributed by atoms with Gasteiger partial charge in [-0.25, -0.2) is 10.5 Å². The molecule has 0 aliphatic carbocycles. The molecule has 0 bridgehead atoms. The largest absolute Gasteiger partial charge is 0.326 e. The lowest BCUT2D eigenvalue weighted by Crippen LogP contribution is -2.40. The Kier molecular flexibility index (Phi) is 12.1. The zero-order valence-corrected chi connectivity index (χ0v) is 30.8. The number of benzene rings is 4. The molecule has 2 aliphatic heterocycles. The maximum atomic E-state index is 14.3. The van der Waals surface area contributed by atoms with E-state index in [2.05, 4.69) is 60.5 Å². The number of hydrazone groups is 2. The highest BCUT2D eigenvalue weighted by atomic mass is 35.5. The van der Waals surface area contributed by atoms with Gasteiger partial charge in [0.25, 0.3) is 5.91 Å². The number of hydrogen-bond donors (Lipinski definition) is 3. The van der Waals surface area contributed by atoms with Crippen LogP contribution in [0.5, 0.6) is 0 Å². The van der Waals surface area contributed by atoms with Gasteiger partial charge in [-0.15, -0.1) is 10.6 Å². The topological polar surface area (TPSA) is 101 Å². The van der Waals surface area contributed by atoms with Gasteiger partial charge >= 0.3 is 0 Å². The minimum absolute atomic E-state index is 0.00111. The molecule has 3 N–H and O–H groups in total. The molecule has 11 heteroatoms. The van der Waals surface area contributed by atoms with Gasteiger partial charge in [0.1, 0.15) is 0 Å². The Morgan fingerprint density at radius 3 is 2.43 bits per heavy atom. The van der Waals surface area contributed by atoms with Crippen LogP contribution in [0, 0.1) is 12.8 Å². The van der Waals surface area contributed by atoms with Crippen LogP contribution >= 0.6 is 23.4 Å². The van der Waals surface area contributed by atoms with Gasteiger partial charge in [-0.1, -0.05) is 110 Å². The number of hydrazine groups is 2. The number of aryl methyl sites for hydroxylation is 1. The summed E-state index contributed by atoms with van der Waals surface area (Å²) in [6, 6.07) is 31.2. The third-order valence-electron chi connectivity index (χ3n) is 9.05. The number of carbonyl (C=O) groups excluding carboxylic acids is 2. The molecule has 0 saturated carbocycles. The Bertz CT molecular complexity index is 1880. The predicted octanol–water partition coefficient (Wildman–Crippen LogP) is 9.15. The van der Waals surface area contributed by atoms with Gasteiger partial charge in [-0.3, -0.25) is 9.59 Å². The first-order valence-electron chi connectivity index (χ1n) is 17.6. The number of para-hydroxylation sites is 1. The summed E-state index contributed by atoms with van der Waals surface area (Å²) in [5, 5.41) is 17.2. The number of rotatable bonds is 14. The van der Waals surface area contributed by atoms with E-state index < -0.39 is 5.92 Å². The fraction of sp³-hybridized carbons (Fsp3) is 0.300. The Morgan fingerprint density at radius 1 is 0.941 bits per heavy atom. The first kappa shape index (κ1) is 36.2. The van der Waals surface area contributed by atoms with Crippen molar-refractivity contribution in [2.45, 2.75) is 71.0 Å². The number of anilines is 3. The normalized spacial score (nSPS) is 16.2. The van der Waals surface area contributed by atoms with Crippen molar-refractivity contribution < 1.29 is 9.59 Å². The van der Waals surface area contributed by atoms with E-state index in [0.29, 0.717) is 35.0 Å². The Hall–Kier alpha value is -4.64. The predicted molar refractivity (Wildman–Crippen MR) is 211 cm³/mol. The lowest BCUT2D eigenvalue weighted by molar-refractivity contribution is -0.119. The van der Waals surface area contributed by atoms with Crippen LogP contribution in [0.2, 0.25) is 5.02 Å². The van der Waals surface area contributed by atoms with Crippen LogP contribution in [0.3, 0.4) is 0 Å². The molecule has 6 rings (SSSR count). The average molecular weight is 722 g/mol. The first-order valence-corrected chi connectivity index (χ1v) is 18.8. The minimum Gasteiger partial charge on any atom is -0.326 e. The molecule has 0 saturated heterocycles. The maximum absolute atomic E-state index is 14.3. The van der Waals surface area contributed by atoms with E-state index >= 15 is 0 Å². The molecule has 2 unspecified atom stereocenters. The van der Waals surface area contributed by atoms with E-state index in [1.807, 2.05) is 83.9 Å². The van der Waals surface area contributed by atoms with Crippen LogP contribution in [0.15, 0.2) is 107 Å². The number of hydrogen-bond acceptors (Lipinski definition) is 8. The third kappa shape index (κ3) is 9.00. The molecule has 264 valence electrons. The molecular weight excluding hydrogens is 678 g/mol. The molecule has 0 fully saturated rings. The second kappa shape index (κ2) is 17.0. The van der Waals surface area contributed by atoms with E-state index in [0.717, 1.165) is 52.4 Å². The van der Waals surface area contributed by atoms with Crippen molar-refractivity contribution in [3.63, 3.8) is 0 Å². The van der Waals surface area contributed by atoms with Crippen LogP contribution in [-0.2, 0) is 16.0 Å². The quantitative estimate of drug-likeness (QED) is 0.112. The van der Waals surface area contributed by atoms with E-state index in [4.69, 9.17) is 16.7 Å². The van der Waals surface area contributed by atoms with E-state index in [-0.39, 0.29) is 17.1 Å². The van der Waals surface area contributed by atoms with Crippen molar-refractivity contribution in [1.82, 2.24) is 11.1 Å². The third-order valence-corrected chi connectivity index (χ3v) is 10.4.